The fourth-order valence-electron chi connectivity index (χ4n) is 3.78. The second-order valence-corrected chi connectivity index (χ2v) is 12.1. The molecule has 0 atom stereocenters. The fourth-order valence-corrected chi connectivity index (χ4v) is 5.30. The van der Waals surface area contributed by atoms with Gasteiger partial charge in [-0.2, -0.15) is 0 Å². The summed E-state index contributed by atoms with van der Waals surface area (Å²) in [6.45, 7) is 9.61. The van der Waals surface area contributed by atoms with E-state index in [0.717, 1.165) is 28.6 Å². The van der Waals surface area contributed by atoms with E-state index in [9.17, 15) is 13.2 Å². The molecular formula is C25H30ClN3O4S. The summed E-state index contributed by atoms with van der Waals surface area (Å²) in [5.74, 6) is 0.520. The van der Waals surface area contributed by atoms with Crippen molar-refractivity contribution in [3.8, 4) is 17.0 Å². The summed E-state index contributed by atoms with van der Waals surface area (Å²) in [5, 5.41) is 0.904. The maximum atomic E-state index is 12.7. The zero-order valence-corrected chi connectivity index (χ0v) is 21.4. The number of fused-ring (bicyclic) bond motifs is 1. The summed E-state index contributed by atoms with van der Waals surface area (Å²) in [6, 6.07) is 7.07. The van der Waals surface area contributed by atoms with Crippen LogP contribution in [0.5, 0.6) is 5.88 Å². The van der Waals surface area contributed by atoms with E-state index in [2.05, 4.69) is 42.0 Å². The second kappa shape index (κ2) is 9.58. The Kier molecular flexibility index (Phi) is 6.92. The molecule has 1 fully saturated rings. The van der Waals surface area contributed by atoms with Gasteiger partial charge < -0.3 is 9.30 Å². The molecular weight excluding hydrogens is 474 g/mol. The molecule has 9 heteroatoms. The number of nitrogens with one attached hydrogen (secondary N) is 1. The largest absolute Gasteiger partial charge is 0.476 e. The van der Waals surface area contributed by atoms with Crippen LogP contribution in [0, 0.1) is 11.8 Å². The molecule has 1 aliphatic rings. The van der Waals surface area contributed by atoms with E-state index >= 15 is 0 Å². The first-order valence-corrected chi connectivity index (χ1v) is 13.4. The van der Waals surface area contributed by atoms with Crippen LogP contribution in [0.25, 0.3) is 22.0 Å². The summed E-state index contributed by atoms with van der Waals surface area (Å²) in [6.07, 6.45) is 4.95. The molecule has 34 heavy (non-hydrogen) atoms. The van der Waals surface area contributed by atoms with Crippen LogP contribution in [-0.4, -0.2) is 35.7 Å². The maximum absolute atomic E-state index is 12.7. The molecule has 1 aromatic carbocycles. The first-order valence-electron chi connectivity index (χ1n) is 11.5. The zero-order chi connectivity index (χ0) is 24.6. The summed E-state index contributed by atoms with van der Waals surface area (Å²) in [4.78, 5) is 17.1. The molecule has 0 aliphatic heterocycles. The van der Waals surface area contributed by atoms with E-state index in [1.807, 2.05) is 18.3 Å². The van der Waals surface area contributed by atoms with E-state index in [-0.39, 0.29) is 0 Å². The van der Waals surface area contributed by atoms with E-state index < -0.39 is 21.2 Å². The average molecular weight is 504 g/mol. The zero-order valence-electron chi connectivity index (χ0n) is 19.8. The van der Waals surface area contributed by atoms with Crippen molar-refractivity contribution in [2.45, 2.75) is 52.3 Å². The van der Waals surface area contributed by atoms with Crippen LogP contribution in [-0.2, 0) is 16.6 Å². The van der Waals surface area contributed by atoms with Crippen molar-refractivity contribution in [1.29, 1.82) is 0 Å². The first-order chi connectivity index (χ1) is 16.0. The predicted molar refractivity (Wildman–Crippen MR) is 135 cm³/mol. The van der Waals surface area contributed by atoms with Gasteiger partial charge in [-0.25, -0.2) is 18.1 Å². The lowest BCUT2D eigenvalue weighted by molar-refractivity contribution is 0.0981. The Hall–Kier alpha value is -2.58. The van der Waals surface area contributed by atoms with E-state index in [1.165, 1.54) is 0 Å². The number of pyridine rings is 1. The molecule has 1 amide bonds. The lowest BCUT2D eigenvalue weighted by Gasteiger charge is -2.10. The fraction of sp³-hybridized carbons (Fsp3) is 0.440. The number of carbonyl (C=O) groups is 1. The molecule has 0 unspecified atom stereocenters. The van der Waals surface area contributed by atoms with Crippen LogP contribution in [0.2, 0.25) is 5.02 Å². The number of sulfonamides is 1. The quantitative estimate of drug-likeness (QED) is 0.429. The van der Waals surface area contributed by atoms with Gasteiger partial charge in [-0.05, 0) is 42.9 Å². The molecule has 1 aliphatic carbocycles. The van der Waals surface area contributed by atoms with Gasteiger partial charge in [0.15, 0.2) is 0 Å². The van der Waals surface area contributed by atoms with E-state index in [0.29, 0.717) is 47.8 Å². The van der Waals surface area contributed by atoms with Gasteiger partial charge in [0.25, 0.3) is 5.91 Å². The van der Waals surface area contributed by atoms with Crippen LogP contribution in [0.15, 0.2) is 36.7 Å². The number of rotatable bonds is 9. The number of aromatic nitrogens is 2. The number of nitrogens with zero attached hydrogens (tertiary/aromatic N) is 2. The minimum atomic E-state index is -3.61. The Balaban J connectivity index is 1.71. The molecule has 1 N–H and O–H groups in total. The van der Waals surface area contributed by atoms with Crippen molar-refractivity contribution in [3.05, 3.63) is 47.2 Å². The van der Waals surface area contributed by atoms with Crippen molar-refractivity contribution in [2.75, 3.05) is 6.61 Å². The number of benzene rings is 1. The molecule has 0 spiro atoms. The Morgan fingerprint density at radius 1 is 1.21 bits per heavy atom. The highest BCUT2D eigenvalue weighted by molar-refractivity contribution is 7.91. The third kappa shape index (κ3) is 5.39. The summed E-state index contributed by atoms with van der Waals surface area (Å²) >= 11 is 6.46. The van der Waals surface area contributed by atoms with E-state index in [4.69, 9.17) is 16.3 Å². The van der Waals surface area contributed by atoms with Crippen molar-refractivity contribution in [2.24, 2.45) is 11.8 Å². The molecule has 2 heterocycles. The lowest BCUT2D eigenvalue weighted by Crippen LogP contribution is -2.33. The number of hydrogen-bond acceptors (Lipinski definition) is 5. The Labute approximate surface area is 205 Å². The Morgan fingerprint density at radius 2 is 1.94 bits per heavy atom. The van der Waals surface area contributed by atoms with Crippen molar-refractivity contribution < 1.29 is 17.9 Å². The highest BCUT2D eigenvalue weighted by Crippen LogP contribution is 2.35. The van der Waals surface area contributed by atoms with Gasteiger partial charge in [0.1, 0.15) is 5.02 Å². The van der Waals surface area contributed by atoms with Gasteiger partial charge in [0.2, 0.25) is 15.9 Å². The standard InChI is InChI=1S/C25H30ClN3O4S/c1-15(2)12-29-13-21(18-9-22(26)25(27-11-18)33-14-16(3)4)20-8-5-17(10-23(20)29)24(30)28-34(31,32)19-6-7-19/h5,8-11,13,15-16,19H,6-7,12,14H2,1-4H3,(H,28,30). The second-order valence-electron chi connectivity index (χ2n) is 9.71. The smallest absolute Gasteiger partial charge is 0.264 e. The third-order valence-corrected chi connectivity index (χ3v) is 7.67. The topological polar surface area (TPSA) is 90.3 Å². The molecule has 3 aromatic rings. The number of carbonyl (C=O) groups excluding carboxylic acids is 1. The van der Waals surface area contributed by atoms with Gasteiger partial charge in [0.05, 0.1) is 11.9 Å². The van der Waals surface area contributed by atoms with Gasteiger partial charge in [-0.1, -0.05) is 45.4 Å². The summed E-state index contributed by atoms with van der Waals surface area (Å²) in [5.41, 5.74) is 2.91. The Morgan fingerprint density at radius 3 is 2.56 bits per heavy atom. The van der Waals surface area contributed by atoms with Crippen LogP contribution < -0.4 is 9.46 Å². The molecule has 7 nitrogen and oxygen atoms in total. The van der Waals surface area contributed by atoms with Crippen molar-refractivity contribution in [1.82, 2.24) is 14.3 Å². The van der Waals surface area contributed by atoms with Crippen LogP contribution in [0.4, 0.5) is 0 Å². The summed E-state index contributed by atoms with van der Waals surface area (Å²) in [7, 11) is -3.61. The minimum absolute atomic E-state index is 0.306. The van der Waals surface area contributed by atoms with Gasteiger partial charge in [0, 0.05) is 46.5 Å². The molecule has 2 aromatic heterocycles. The first kappa shape index (κ1) is 24.5. The molecule has 4 rings (SSSR count). The number of ether oxygens (including phenoxy) is 1. The van der Waals surface area contributed by atoms with Crippen LogP contribution >= 0.6 is 11.6 Å². The highest BCUT2D eigenvalue weighted by Gasteiger charge is 2.37. The van der Waals surface area contributed by atoms with Gasteiger partial charge in [-0.15, -0.1) is 0 Å². The van der Waals surface area contributed by atoms with E-state index in [1.54, 1.807) is 18.3 Å². The number of amides is 1. The normalized spacial score (nSPS) is 14.2. The number of hydrogen-bond donors (Lipinski definition) is 1. The van der Waals surface area contributed by atoms with Crippen LogP contribution in [0.3, 0.4) is 0 Å². The maximum Gasteiger partial charge on any atom is 0.264 e. The Bertz CT molecular complexity index is 1330. The molecule has 0 saturated heterocycles. The van der Waals surface area contributed by atoms with Crippen molar-refractivity contribution >= 4 is 38.4 Å². The monoisotopic (exact) mass is 503 g/mol. The SMILES string of the molecule is CC(C)COc1ncc(-c2cn(CC(C)C)c3cc(C(=O)NS(=O)(=O)C4CC4)ccc23)cc1Cl. The predicted octanol–water partition coefficient (Wildman–Crippen LogP) is 5.27. The molecule has 0 bridgehead atoms. The lowest BCUT2D eigenvalue weighted by atomic mass is 10.0. The minimum Gasteiger partial charge on any atom is -0.476 e. The van der Waals surface area contributed by atoms with Gasteiger partial charge in [-0.3, -0.25) is 4.79 Å². The third-order valence-electron chi connectivity index (χ3n) is 5.58. The molecule has 0 radical (unpaired) electrons. The average Bonchev–Trinajstić information content (AvgIpc) is 3.56. The van der Waals surface area contributed by atoms with Crippen molar-refractivity contribution in [3.63, 3.8) is 0 Å². The molecule has 1 saturated carbocycles. The van der Waals surface area contributed by atoms with Gasteiger partial charge >= 0.3 is 0 Å². The molecule has 182 valence electrons. The number of halogens is 1. The highest BCUT2D eigenvalue weighted by atomic mass is 35.5. The van der Waals surface area contributed by atoms with Crippen LogP contribution in [0.1, 0.15) is 50.9 Å². The summed E-state index contributed by atoms with van der Waals surface area (Å²) < 4.78 is 34.4.